The van der Waals surface area contributed by atoms with Crippen LogP contribution < -0.4 is 10.3 Å². The van der Waals surface area contributed by atoms with Crippen molar-refractivity contribution >= 4 is 28.8 Å². The SMILES string of the molecule is Cc1ccc(C=NC2CCN(c3cc4c(cc3F)c(=O)c(C(=O)O)cn4C3CC3)C2)cc1. The van der Waals surface area contributed by atoms with Crippen LogP contribution in [-0.4, -0.2) is 41.0 Å². The van der Waals surface area contributed by atoms with Gasteiger partial charge >= 0.3 is 5.97 Å². The van der Waals surface area contributed by atoms with Gasteiger partial charge in [0, 0.05) is 36.9 Å². The van der Waals surface area contributed by atoms with E-state index in [4.69, 9.17) is 0 Å². The minimum Gasteiger partial charge on any atom is -0.477 e. The Balaban J connectivity index is 1.46. The molecule has 0 radical (unpaired) electrons. The summed E-state index contributed by atoms with van der Waals surface area (Å²) in [5.74, 6) is -1.80. The molecule has 1 saturated heterocycles. The summed E-state index contributed by atoms with van der Waals surface area (Å²) in [6.07, 6.45) is 5.92. The molecule has 5 rings (SSSR count). The van der Waals surface area contributed by atoms with Gasteiger partial charge in [0.2, 0.25) is 5.43 Å². The Morgan fingerprint density at radius 3 is 2.62 bits per heavy atom. The van der Waals surface area contributed by atoms with E-state index in [0.717, 1.165) is 24.8 Å². The van der Waals surface area contributed by atoms with Crippen LogP contribution in [0.5, 0.6) is 0 Å². The van der Waals surface area contributed by atoms with E-state index in [-0.39, 0.29) is 23.0 Å². The standard InChI is InChI=1S/C25H24FN3O3/c1-15-2-4-16(5-3-15)12-27-17-8-9-28(13-17)23-11-22-19(10-21(23)26)24(30)20(25(31)32)14-29(22)18-6-7-18/h2-5,10-12,14,17-18H,6-9,13H2,1H3,(H,31,32). The maximum absolute atomic E-state index is 15.1. The van der Waals surface area contributed by atoms with Crippen LogP contribution in [-0.2, 0) is 0 Å². The third-order valence-corrected chi connectivity index (χ3v) is 6.29. The predicted molar refractivity (Wildman–Crippen MR) is 123 cm³/mol. The number of carbonyl (C=O) groups is 1. The minimum atomic E-state index is -1.29. The summed E-state index contributed by atoms with van der Waals surface area (Å²) in [4.78, 5) is 30.8. The molecule has 0 spiro atoms. The lowest BCUT2D eigenvalue weighted by Gasteiger charge is -2.21. The summed E-state index contributed by atoms with van der Waals surface area (Å²) in [5, 5.41) is 9.51. The van der Waals surface area contributed by atoms with Gasteiger partial charge in [-0.1, -0.05) is 29.8 Å². The number of hydrogen-bond donors (Lipinski definition) is 1. The molecule has 164 valence electrons. The summed E-state index contributed by atoms with van der Waals surface area (Å²) in [6.45, 7) is 3.30. The fourth-order valence-electron chi connectivity index (χ4n) is 4.33. The zero-order valence-corrected chi connectivity index (χ0v) is 17.8. The maximum atomic E-state index is 15.1. The first-order valence-corrected chi connectivity index (χ1v) is 10.9. The van der Waals surface area contributed by atoms with E-state index in [1.165, 1.54) is 17.8 Å². The largest absolute Gasteiger partial charge is 0.477 e. The lowest BCUT2D eigenvalue weighted by atomic mass is 10.1. The first kappa shape index (κ1) is 20.4. The zero-order valence-electron chi connectivity index (χ0n) is 17.8. The Kier molecular flexibility index (Phi) is 5.04. The van der Waals surface area contributed by atoms with E-state index >= 15 is 4.39 Å². The molecular weight excluding hydrogens is 409 g/mol. The second kappa shape index (κ2) is 7.89. The van der Waals surface area contributed by atoms with Crippen molar-refractivity contribution in [2.24, 2.45) is 4.99 Å². The number of aliphatic imine (C=N–C) groups is 1. The zero-order chi connectivity index (χ0) is 22.4. The number of carboxylic acid groups (broad SMARTS) is 1. The lowest BCUT2D eigenvalue weighted by molar-refractivity contribution is 0.0695. The second-order valence-corrected chi connectivity index (χ2v) is 8.71. The van der Waals surface area contributed by atoms with Crippen LogP contribution >= 0.6 is 0 Å². The fourth-order valence-corrected chi connectivity index (χ4v) is 4.33. The summed E-state index contributed by atoms with van der Waals surface area (Å²) in [6, 6.07) is 11.2. The van der Waals surface area contributed by atoms with Gasteiger partial charge in [-0.2, -0.15) is 0 Å². The van der Waals surface area contributed by atoms with Gasteiger partial charge in [0.25, 0.3) is 0 Å². The van der Waals surface area contributed by atoms with Crippen molar-refractivity contribution in [3.05, 3.63) is 75.3 Å². The Hall–Kier alpha value is -3.48. The van der Waals surface area contributed by atoms with Crippen LogP contribution in [0.3, 0.4) is 0 Å². The lowest BCUT2D eigenvalue weighted by Crippen LogP contribution is -2.23. The van der Waals surface area contributed by atoms with Gasteiger partial charge in [-0.25, -0.2) is 9.18 Å². The average molecular weight is 433 g/mol. The third kappa shape index (κ3) is 3.79. The van der Waals surface area contributed by atoms with Gasteiger partial charge < -0.3 is 14.6 Å². The van der Waals surface area contributed by atoms with Crippen LogP contribution in [0.25, 0.3) is 10.9 Å². The number of aromatic nitrogens is 1. The van der Waals surface area contributed by atoms with Crippen molar-refractivity contribution in [2.75, 3.05) is 18.0 Å². The monoisotopic (exact) mass is 433 g/mol. The highest BCUT2D eigenvalue weighted by molar-refractivity contribution is 5.93. The number of fused-ring (bicyclic) bond motifs is 1. The molecule has 0 bridgehead atoms. The molecule has 1 saturated carbocycles. The van der Waals surface area contributed by atoms with E-state index < -0.39 is 17.2 Å². The molecule has 32 heavy (non-hydrogen) atoms. The van der Waals surface area contributed by atoms with Crippen molar-refractivity contribution in [3.63, 3.8) is 0 Å². The Bertz CT molecular complexity index is 1290. The van der Waals surface area contributed by atoms with E-state index in [9.17, 15) is 14.7 Å². The van der Waals surface area contributed by atoms with Gasteiger partial charge in [-0.15, -0.1) is 0 Å². The van der Waals surface area contributed by atoms with E-state index in [1.807, 2.05) is 46.9 Å². The summed E-state index contributed by atoms with van der Waals surface area (Å²) in [5.41, 5.74) is 2.29. The summed E-state index contributed by atoms with van der Waals surface area (Å²) in [7, 11) is 0. The average Bonchev–Trinajstić information content (AvgIpc) is 3.51. The normalized spacial score (nSPS) is 18.7. The summed E-state index contributed by atoms with van der Waals surface area (Å²) >= 11 is 0. The number of aromatic carboxylic acids is 1. The second-order valence-electron chi connectivity index (χ2n) is 8.71. The smallest absolute Gasteiger partial charge is 0.341 e. The molecule has 3 aromatic rings. The Labute approximate surface area is 184 Å². The topological polar surface area (TPSA) is 74.9 Å². The number of benzene rings is 2. The minimum absolute atomic E-state index is 0.0615. The first-order chi connectivity index (χ1) is 15.4. The number of anilines is 1. The molecule has 7 heteroatoms. The summed E-state index contributed by atoms with van der Waals surface area (Å²) < 4.78 is 16.9. The number of nitrogens with zero attached hydrogens (tertiary/aromatic N) is 3. The molecule has 2 heterocycles. The molecule has 1 aliphatic carbocycles. The van der Waals surface area contributed by atoms with Crippen LogP contribution in [0.1, 0.15) is 46.8 Å². The van der Waals surface area contributed by atoms with Crippen LogP contribution in [0.15, 0.2) is 52.4 Å². The highest BCUT2D eigenvalue weighted by Gasteiger charge is 2.29. The van der Waals surface area contributed by atoms with Crippen molar-refractivity contribution in [3.8, 4) is 0 Å². The third-order valence-electron chi connectivity index (χ3n) is 6.29. The van der Waals surface area contributed by atoms with Crippen LogP contribution in [0.2, 0.25) is 0 Å². The molecule has 2 fully saturated rings. The fraction of sp³-hybridized carbons (Fsp3) is 0.320. The van der Waals surface area contributed by atoms with Gasteiger partial charge in [0.15, 0.2) is 0 Å². The van der Waals surface area contributed by atoms with Crippen molar-refractivity contribution in [2.45, 2.75) is 38.3 Å². The number of pyridine rings is 1. The van der Waals surface area contributed by atoms with Crippen LogP contribution in [0, 0.1) is 12.7 Å². The predicted octanol–water partition coefficient (Wildman–Crippen LogP) is 4.18. The molecule has 1 atom stereocenters. The van der Waals surface area contributed by atoms with Gasteiger partial charge in [0.1, 0.15) is 11.4 Å². The highest BCUT2D eigenvalue weighted by Crippen LogP contribution is 2.38. The van der Waals surface area contributed by atoms with Gasteiger partial charge in [-0.3, -0.25) is 9.79 Å². The van der Waals surface area contributed by atoms with Crippen molar-refractivity contribution < 1.29 is 14.3 Å². The molecule has 1 aliphatic heterocycles. The maximum Gasteiger partial charge on any atom is 0.341 e. The number of aryl methyl sites for hydroxylation is 1. The Morgan fingerprint density at radius 1 is 1.19 bits per heavy atom. The van der Waals surface area contributed by atoms with Crippen molar-refractivity contribution in [1.29, 1.82) is 0 Å². The van der Waals surface area contributed by atoms with Crippen molar-refractivity contribution in [1.82, 2.24) is 4.57 Å². The van der Waals surface area contributed by atoms with E-state index in [1.54, 1.807) is 6.07 Å². The van der Waals surface area contributed by atoms with Gasteiger partial charge in [0.05, 0.1) is 17.2 Å². The number of halogens is 1. The first-order valence-electron chi connectivity index (χ1n) is 10.9. The van der Waals surface area contributed by atoms with E-state index in [0.29, 0.717) is 24.3 Å². The Morgan fingerprint density at radius 2 is 1.94 bits per heavy atom. The molecule has 1 N–H and O–H groups in total. The number of rotatable bonds is 5. The van der Waals surface area contributed by atoms with Gasteiger partial charge in [-0.05, 0) is 43.9 Å². The highest BCUT2D eigenvalue weighted by atomic mass is 19.1. The molecule has 1 unspecified atom stereocenters. The molecular formula is C25H24FN3O3. The number of carboxylic acids is 1. The van der Waals surface area contributed by atoms with Crippen LogP contribution in [0.4, 0.5) is 10.1 Å². The van der Waals surface area contributed by atoms with E-state index in [2.05, 4.69) is 4.99 Å². The molecule has 6 nitrogen and oxygen atoms in total. The molecule has 2 aliphatic rings. The molecule has 2 aromatic carbocycles. The number of hydrogen-bond acceptors (Lipinski definition) is 4. The molecule has 1 aromatic heterocycles. The quantitative estimate of drug-likeness (QED) is 0.613. The molecule has 0 amide bonds.